The summed E-state index contributed by atoms with van der Waals surface area (Å²) in [7, 11) is 1.68. The zero-order valence-corrected chi connectivity index (χ0v) is 13.1. The molecule has 0 atom stereocenters. The predicted octanol–water partition coefficient (Wildman–Crippen LogP) is 2.26. The van der Waals surface area contributed by atoms with Crippen molar-refractivity contribution in [3.8, 4) is 5.75 Å². The van der Waals surface area contributed by atoms with Gasteiger partial charge in [-0.25, -0.2) is 14.5 Å². The number of ether oxygens (including phenoxy) is 2. The highest BCUT2D eigenvalue weighted by molar-refractivity contribution is 5.99. The van der Waals surface area contributed by atoms with E-state index in [9.17, 15) is 9.90 Å². The van der Waals surface area contributed by atoms with Crippen molar-refractivity contribution >= 4 is 17.0 Å². The number of hydrogen-bond acceptors (Lipinski definition) is 5. The average molecular weight is 307 g/mol. The van der Waals surface area contributed by atoms with Crippen LogP contribution in [-0.2, 0) is 11.3 Å². The molecule has 0 unspecified atom stereocenters. The fraction of sp³-hybridized carbons (Fsp3) is 0.533. The van der Waals surface area contributed by atoms with Crippen molar-refractivity contribution < 1.29 is 19.4 Å². The summed E-state index contributed by atoms with van der Waals surface area (Å²) in [5.74, 6) is -0.691. The standard InChI is InChI=1S/C15H21N3O4/c1-4-22-13-11-9-16-18(7-5-6-8-21-3)14(11)17-10(2)12(13)15(19)20/h9H,4-8H2,1-3H3,(H,19,20). The first-order valence-electron chi connectivity index (χ1n) is 7.31. The molecule has 0 aromatic carbocycles. The van der Waals surface area contributed by atoms with Gasteiger partial charge < -0.3 is 14.6 Å². The molecule has 2 rings (SSSR count). The highest BCUT2D eigenvalue weighted by atomic mass is 16.5. The Morgan fingerprint density at radius 3 is 2.82 bits per heavy atom. The molecule has 2 aromatic heterocycles. The SMILES string of the molecule is CCOc1c(C(=O)O)c(C)nc2c1cnn2CCCCOC. The van der Waals surface area contributed by atoms with Gasteiger partial charge in [0.25, 0.3) is 0 Å². The summed E-state index contributed by atoms with van der Waals surface area (Å²) in [4.78, 5) is 15.9. The van der Waals surface area contributed by atoms with Crippen molar-refractivity contribution in [1.82, 2.24) is 14.8 Å². The molecular weight excluding hydrogens is 286 g/mol. The molecule has 0 spiro atoms. The Morgan fingerprint density at radius 1 is 1.41 bits per heavy atom. The fourth-order valence-corrected chi connectivity index (χ4v) is 2.39. The minimum atomic E-state index is -1.04. The van der Waals surface area contributed by atoms with Gasteiger partial charge in [-0.1, -0.05) is 0 Å². The molecule has 0 aliphatic heterocycles. The Bertz CT molecular complexity index is 666. The first-order valence-corrected chi connectivity index (χ1v) is 7.31. The zero-order chi connectivity index (χ0) is 16.1. The molecule has 120 valence electrons. The largest absolute Gasteiger partial charge is 0.492 e. The molecule has 0 bridgehead atoms. The number of aryl methyl sites for hydroxylation is 2. The van der Waals surface area contributed by atoms with E-state index >= 15 is 0 Å². The lowest BCUT2D eigenvalue weighted by molar-refractivity contribution is 0.0691. The molecule has 0 fully saturated rings. The van der Waals surface area contributed by atoms with E-state index in [4.69, 9.17) is 9.47 Å². The summed E-state index contributed by atoms with van der Waals surface area (Å²) < 4.78 is 12.4. The molecule has 0 aliphatic carbocycles. The number of aromatic nitrogens is 3. The van der Waals surface area contributed by atoms with E-state index < -0.39 is 5.97 Å². The minimum Gasteiger partial charge on any atom is -0.492 e. The normalized spacial score (nSPS) is 11.0. The van der Waals surface area contributed by atoms with Crippen LogP contribution >= 0.6 is 0 Å². The molecule has 0 saturated carbocycles. The van der Waals surface area contributed by atoms with Crippen LogP contribution in [-0.4, -0.2) is 46.2 Å². The van der Waals surface area contributed by atoms with Crippen LogP contribution in [0, 0.1) is 6.92 Å². The fourth-order valence-electron chi connectivity index (χ4n) is 2.39. The number of methoxy groups -OCH3 is 1. The summed E-state index contributed by atoms with van der Waals surface area (Å²) in [6, 6.07) is 0. The highest BCUT2D eigenvalue weighted by Gasteiger charge is 2.22. The smallest absolute Gasteiger partial charge is 0.341 e. The van der Waals surface area contributed by atoms with Gasteiger partial charge in [-0.05, 0) is 26.7 Å². The van der Waals surface area contributed by atoms with Gasteiger partial charge in [0.05, 0.1) is 23.9 Å². The number of carboxylic acid groups (broad SMARTS) is 1. The summed E-state index contributed by atoms with van der Waals surface area (Å²) in [5, 5.41) is 14.3. The number of rotatable bonds is 8. The van der Waals surface area contributed by atoms with Gasteiger partial charge in [0.1, 0.15) is 11.3 Å². The lowest BCUT2D eigenvalue weighted by atomic mass is 10.1. The summed E-state index contributed by atoms with van der Waals surface area (Å²) in [6.07, 6.45) is 3.47. The maximum absolute atomic E-state index is 11.5. The number of unbranched alkanes of at least 4 members (excludes halogenated alkanes) is 1. The molecular formula is C15H21N3O4. The maximum Gasteiger partial charge on any atom is 0.341 e. The summed E-state index contributed by atoms with van der Waals surface area (Å²) >= 11 is 0. The Hall–Kier alpha value is -2.15. The van der Waals surface area contributed by atoms with E-state index in [0.717, 1.165) is 12.8 Å². The number of carbonyl (C=O) groups is 1. The van der Waals surface area contributed by atoms with E-state index in [-0.39, 0.29) is 5.56 Å². The third kappa shape index (κ3) is 3.19. The van der Waals surface area contributed by atoms with Crippen LogP contribution in [0.4, 0.5) is 0 Å². The first-order chi connectivity index (χ1) is 10.6. The van der Waals surface area contributed by atoms with Gasteiger partial charge in [0, 0.05) is 20.3 Å². The van der Waals surface area contributed by atoms with Crippen molar-refractivity contribution in [2.24, 2.45) is 0 Å². The van der Waals surface area contributed by atoms with Gasteiger partial charge in [-0.3, -0.25) is 0 Å². The van der Waals surface area contributed by atoms with Crippen LogP contribution in [0.5, 0.6) is 5.75 Å². The lowest BCUT2D eigenvalue weighted by Gasteiger charge is -2.11. The minimum absolute atomic E-state index is 0.105. The van der Waals surface area contributed by atoms with Crippen molar-refractivity contribution in [1.29, 1.82) is 0 Å². The molecule has 0 radical (unpaired) electrons. The molecule has 0 amide bonds. The molecule has 2 heterocycles. The van der Waals surface area contributed by atoms with Crippen LogP contribution in [0.2, 0.25) is 0 Å². The van der Waals surface area contributed by atoms with E-state index in [1.807, 2.05) is 6.92 Å². The molecule has 2 aromatic rings. The second-order valence-corrected chi connectivity index (χ2v) is 4.94. The molecule has 0 aliphatic rings. The maximum atomic E-state index is 11.5. The highest BCUT2D eigenvalue weighted by Crippen LogP contribution is 2.31. The Balaban J connectivity index is 2.41. The van der Waals surface area contributed by atoms with Gasteiger partial charge in [-0.15, -0.1) is 0 Å². The summed E-state index contributed by atoms with van der Waals surface area (Å²) in [5.41, 5.74) is 1.19. The predicted molar refractivity (Wildman–Crippen MR) is 81.5 cm³/mol. The number of carboxylic acids is 1. The number of fused-ring (bicyclic) bond motifs is 1. The number of hydrogen-bond donors (Lipinski definition) is 1. The molecule has 22 heavy (non-hydrogen) atoms. The number of nitrogens with zero attached hydrogens (tertiary/aromatic N) is 3. The second-order valence-electron chi connectivity index (χ2n) is 4.94. The van der Waals surface area contributed by atoms with Crippen molar-refractivity contribution in [3.05, 3.63) is 17.5 Å². The van der Waals surface area contributed by atoms with Crippen LogP contribution in [0.15, 0.2) is 6.20 Å². The first kappa shape index (κ1) is 16.2. The number of pyridine rings is 1. The molecule has 1 N–H and O–H groups in total. The van der Waals surface area contributed by atoms with Crippen molar-refractivity contribution in [2.75, 3.05) is 20.3 Å². The number of aromatic carboxylic acids is 1. The van der Waals surface area contributed by atoms with Gasteiger partial charge in [0.15, 0.2) is 5.65 Å². The topological polar surface area (TPSA) is 86.5 Å². The monoisotopic (exact) mass is 307 g/mol. The zero-order valence-electron chi connectivity index (χ0n) is 13.1. The van der Waals surface area contributed by atoms with E-state index in [2.05, 4.69) is 10.1 Å². The Kier molecular flexibility index (Phi) is 5.32. The van der Waals surface area contributed by atoms with Gasteiger partial charge in [-0.2, -0.15) is 5.10 Å². The van der Waals surface area contributed by atoms with Crippen LogP contribution in [0.3, 0.4) is 0 Å². The van der Waals surface area contributed by atoms with E-state index in [1.165, 1.54) is 0 Å². The van der Waals surface area contributed by atoms with E-state index in [1.54, 1.807) is 24.9 Å². The quantitative estimate of drug-likeness (QED) is 0.753. The molecule has 0 saturated heterocycles. The lowest BCUT2D eigenvalue weighted by Crippen LogP contribution is -2.09. The van der Waals surface area contributed by atoms with Gasteiger partial charge >= 0.3 is 5.97 Å². The molecule has 7 nitrogen and oxygen atoms in total. The average Bonchev–Trinajstić information content (AvgIpc) is 2.86. The second kappa shape index (κ2) is 7.22. The Morgan fingerprint density at radius 2 is 2.18 bits per heavy atom. The van der Waals surface area contributed by atoms with Gasteiger partial charge in [0.2, 0.25) is 0 Å². The van der Waals surface area contributed by atoms with Crippen molar-refractivity contribution in [2.45, 2.75) is 33.2 Å². The van der Waals surface area contributed by atoms with Crippen LogP contribution in [0.25, 0.3) is 11.0 Å². The third-order valence-electron chi connectivity index (χ3n) is 3.39. The molecule has 7 heteroatoms. The third-order valence-corrected chi connectivity index (χ3v) is 3.39. The van der Waals surface area contributed by atoms with Crippen molar-refractivity contribution in [3.63, 3.8) is 0 Å². The van der Waals surface area contributed by atoms with Crippen LogP contribution in [0.1, 0.15) is 35.8 Å². The van der Waals surface area contributed by atoms with E-state index in [0.29, 0.717) is 42.2 Å². The Labute approximate surface area is 128 Å². The van der Waals surface area contributed by atoms with Crippen LogP contribution < -0.4 is 4.74 Å². The summed E-state index contributed by atoms with van der Waals surface area (Å²) in [6.45, 7) is 5.30.